The zero-order valence-corrected chi connectivity index (χ0v) is 10.8. The third kappa shape index (κ3) is 2.61. The van der Waals surface area contributed by atoms with Crippen molar-refractivity contribution in [2.24, 2.45) is 0 Å². The van der Waals surface area contributed by atoms with E-state index in [-0.39, 0.29) is 5.69 Å². The summed E-state index contributed by atoms with van der Waals surface area (Å²) >= 11 is 0. The predicted molar refractivity (Wildman–Crippen MR) is 71.9 cm³/mol. The molecule has 0 fully saturated rings. The van der Waals surface area contributed by atoms with Crippen LogP contribution in [0.15, 0.2) is 35.5 Å². The molecule has 1 N–H and O–H groups in total. The topological polar surface area (TPSA) is 51.9 Å². The molecule has 18 heavy (non-hydrogen) atoms. The molecule has 2 aromatic heterocycles. The van der Waals surface area contributed by atoms with Gasteiger partial charge >= 0.3 is 5.69 Å². The summed E-state index contributed by atoms with van der Waals surface area (Å²) in [6, 6.07) is 3.88. The molecule has 0 atom stereocenters. The first-order valence-electron chi connectivity index (χ1n) is 6.13. The number of hydrogen-bond donors (Lipinski definition) is 1. The Kier molecular flexibility index (Phi) is 3.82. The van der Waals surface area contributed by atoms with Gasteiger partial charge in [-0.1, -0.05) is 13.0 Å². The summed E-state index contributed by atoms with van der Waals surface area (Å²) in [7, 11) is 1.83. The van der Waals surface area contributed by atoms with Crippen LogP contribution in [0.25, 0.3) is 0 Å². The molecule has 5 heteroatoms. The van der Waals surface area contributed by atoms with Crippen LogP contribution in [0.1, 0.15) is 18.9 Å². The van der Waals surface area contributed by atoms with Gasteiger partial charge in [0.1, 0.15) is 5.82 Å². The van der Waals surface area contributed by atoms with Crippen LogP contribution in [-0.4, -0.2) is 21.2 Å². The predicted octanol–water partition coefficient (Wildman–Crippen LogP) is 1.54. The van der Waals surface area contributed by atoms with Gasteiger partial charge in [-0.2, -0.15) is 0 Å². The fourth-order valence-corrected chi connectivity index (χ4v) is 1.85. The van der Waals surface area contributed by atoms with Crippen molar-refractivity contribution in [1.82, 2.24) is 14.1 Å². The van der Waals surface area contributed by atoms with E-state index in [1.807, 2.05) is 31.6 Å². The monoisotopic (exact) mass is 246 g/mol. The number of anilines is 1. The van der Waals surface area contributed by atoms with Crippen molar-refractivity contribution in [2.75, 3.05) is 12.4 Å². The van der Waals surface area contributed by atoms with Crippen molar-refractivity contribution in [3.63, 3.8) is 0 Å². The Morgan fingerprint density at radius 1 is 1.28 bits per heavy atom. The number of imidazole rings is 1. The Bertz CT molecular complexity index is 553. The summed E-state index contributed by atoms with van der Waals surface area (Å²) in [5.41, 5.74) is 1.06. The largest absolute Gasteiger partial charge is 0.373 e. The van der Waals surface area contributed by atoms with E-state index in [1.54, 1.807) is 15.3 Å². The minimum atomic E-state index is 0.0366. The van der Waals surface area contributed by atoms with Crippen molar-refractivity contribution in [2.45, 2.75) is 26.4 Å². The van der Waals surface area contributed by atoms with Gasteiger partial charge in [-0.3, -0.25) is 9.13 Å². The van der Waals surface area contributed by atoms with Gasteiger partial charge in [0.2, 0.25) is 0 Å². The number of hydrogen-bond acceptors (Lipinski definition) is 3. The van der Waals surface area contributed by atoms with Gasteiger partial charge in [-0.25, -0.2) is 9.78 Å². The number of pyridine rings is 1. The van der Waals surface area contributed by atoms with E-state index in [1.165, 1.54) is 0 Å². The molecule has 2 heterocycles. The summed E-state index contributed by atoms with van der Waals surface area (Å²) in [5, 5.41) is 2.97. The molecule has 0 aliphatic heterocycles. The second-order valence-corrected chi connectivity index (χ2v) is 4.20. The van der Waals surface area contributed by atoms with Crippen molar-refractivity contribution in [3.05, 3.63) is 46.8 Å². The number of nitrogens with one attached hydrogen (secondary N) is 1. The van der Waals surface area contributed by atoms with Crippen LogP contribution in [0, 0.1) is 0 Å². The van der Waals surface area contributed by atoms with Crippen LogP contribution in [-0.2, 0) is 13.1 Å². The zero-order chi connectivity index (χ0) is 13.0. The van der Waals surface area contributed by atoms with E-state index in [0.717, 1.165) is 24.3 Å². The summed E-state index contributed by atoms with van der Waals surface area (Å²) in [6.45, 7) is 3.39. The Balaban J connectivity index is 2.15. The van der Waals surface area contributed by atoms with Crippen molar-refractivity contribution < 1.29 is 0 Å². The van der Waals surface area contributed by atoms with Gasteiger partial charge in [0.15, 0.2) is 0 Å². The standard InChI is InChI=1S/C13H18N4O/c1-3-6-16-7-8-17(13(16)18)10-11-4-5-12(14-2)15-9-11/h4-5,7-9H,3,6,10H2,1-2H3,(H,14,15). The molecular weight excluding hydrogens is 228 g/mol. The van der Waals surface area contributed by atoms with Crippen LogP contribution in [0.3, 0.4) is 0 Å². The maximum Gasteiger partial charge on any atom is 0.328 e. The van der Waals surface area contributed by atoms with E-state index >= 15 is 0 Å². The summed E-state index contributed by atoms with van der Waals surface area (Å²) in [5.74, 6) is 0.828. The number of aromatic nitrogens is 3. The van der Waals surface area contributed by atoms with E-state index in [0.29, 0.717) is 6.54 Å². The highest BCUT2D eigenvalue weighted by Crippen LogP contribution is 2.05. The number of aryl methyl sites for hydroxylation is 1. The third-order valence-corrected chi connectivity index (χ3v) is 2.82. The lowest BCUT2D eigenvalue weighted by Crippen LogP contribution is -2.24. The van der Waals surface area contributed by atoms with Crippen LogP contribution in [0.4, 0.5) is 5.82 Å². The molecule has 0 unspecified atom stereocenters. The second-order valence-electron chi connectivity index (χ2n) is 4.20. The number of rotatable bonds is 5. The Hall–Kier alpha value is -2.04. The van der Waals surface area contributed by atoms with Gasteiger partial charge in [-0.05, 0) is 18.1 Å². The van der Waals surface area contributed by atoms with Crippen LogP contribution in [0.5, 0.6) is 0 Å². The van der Waals surface area contributed by atoms with Gasteiger partial charge in [-0.15, -0.1) is 0 Å². The molecule has 0 saturated carbocycles. The molecule has 96 valence electrons. The minimum Gasteiger partial charge on any atom is -0.373 e. The fourth-order valence-electron chi connectivity index (χ4n) is 1.85. The quantitative estimate of drug-likeness (QED) is 0.870. The highest BCUT2D eigenvalue weighted by Gasteiger charge is 2.03. The van der Waals surface area contributed by atoms with E-state index < -0.39 is 0 Å². The van der Waals surface area contributed by atoms with Crippen molar-refractivity contribution in [3.8, 4) is 0 Å². The van der Waals surface area contributed by atoms with Crippen molar-refractivity contribution in [1.29, 1.82) is 0 Å². The van der Waals surface area contributed by atoms with Gasteiger partial charge in [0.25, 0.3) is 0 Å². The maximum absolute atomic E-state index is 12.0. The third-order valence-electron chi connectivity index (χ3n) is 2.82. The average Bonchev–Trinajstić information content (AvgIpc) is 2.73. The Morgan fingerprint density at radius 3 is 2.67 bits per heavy atom. The van der Waals surface area contributed by atoms with E-state index in [9.17, 15) is 4.79 Å². The van der Waals surface area contributed by atoms with Crippen LogP contribution < -0.4 is 11.0 Å². The molecule has 0 aromatic carbocycles. The van der Waals surface area contributed by atoms with Crippen LogP contribution in [0.2, 0.25) is 0 Å². The SMILES string of the molecule is CCCn1ccn(Cc2ccc(NC)nc2)c1=O. The smallest absolute Gasteiger partial charge is 0.328 e. The maximum atomic E-state index is 12.0. The highest BCUT2D eigenvalue weighted by atomic mass is 16.1. The van der Waals surface area contributed by atoms with Crippen LogP contribution >= 0.6 is 0 Å². The first-order chi connectivity index (χ1) is 8.74. The summed E-state index contributed by atoms with van der Waals surface area (Å²) in [4.78, 5) is 16.2. The molecular formula is C13H18N4O. The molecule has 0 amide bonds. The fraction of sp³-hybridized carbons (Fsp3) is 0.385. The molecule has 2 rings (SSSR count). The molecule has 0 saturated heterocycles. The first-order valence-corrected chi connectivity index (χ1v) is 6.13. The molecule has 0 aliphatic carbocycles. The van der Waals surface area contributed by atoms with E-state index in [2.05, 4.69) is 17.2 Å². The van der Waals surface area contributed by atoms with Gasteiger partial charge in [0.05, 0.1) is 6.54 Å². The molecule has 0 radical (unpaired) electrons. The molecule has 0 spiro atoms. The molecule has 2 aromatic rings. The zero-order valence-electron chi connectivity index (χ0n) is 10.8. The van der Waals surface area contributed by atoms with Crippen molar-refractivity contribution >= 4 is 5.82 Å². The van der Waals surface area contributed by atoms with Gasteiger partial charge in [0, 0.05) is 32.2 Å². The lowest BCUT2D eigenvalue weighted by Gasteiger charge is -2.03. The number of nitrogens with zero attached hydrogens (tertiary/aromatic N) is 3. The lowest BCUT2D eigenvalue weighted by atomic mass is 10.3. The van der Waals surface area contributed by atoms with Gasteiger partial charge < -0.3 is 5.32 Å². The Morgan fingerprint density at radius 2 is 2.06 bits per heavy atom. The molecule has 0 aliphatic rings. The first kappa shape index (κ1) is 12.4. The highest BCUT2D eigenvalue weighted by molar-refractivity contribution is 5.34. The summed E-state index contributed by atoms with van der Waals surface area (Å²) in [6.07, 6.45) is 6.41. The molecule has 0 bridgehead atoms. The Labute approximate surface area is 106 Å². The normalized spacial score (nSPS) is 10.6. The minimum absolute atomic E-state index is 0.0366. The second kappa shape index (κ2) is 5.53. The lowest BCUT2D eigenvalue weighted by molar-refractivity contribution is 0.624. The molecule has 5 nitrogen and oxygen atoms in total. The van der Waals surface area contributed by atoms with E-state index in [4.69, 9.17) is 0 Å². The summed E-state index contributed by atoms with van der Waals surface area (Å²) < 4.78 is 3.43. The average molecular weight is 246 g/mol.